The van der Waals surface area contributed by atoms with Crippen LogP contribution in [0.5, 0.6) is 0 Å². The number of carbonyl (C=O) groups is 3. The molecule has 7 nitrogen and oxygen atoms in total. The van der Waals surface area contributed by atoms with Gasteiger partial charge < -0.3 is 24.6 Å². The monoisotopic (exact) mass is 389 g/mol. The van der Waals surface area contributed by atoms with Gasteiger partial charge in [-0.05, 0) is 51.3 Å². The summed E-state index contributed by atoms with van der Waals surface area (Å²) in [6.07, 6.45) is 1.31. The molecule has 0 aliphatic carbocycles. The third-order valence-electron chi connectivity index (χ3n) is 4.61. The summed E-state index contributed by atoms with van der Waals surface area (Å²) in [5.74, 6) is 0.115. The molecular weight excluding hydrogens is 358 g/mol. The van der Waals surface area contributed by atoms with Gasteiger partial charge in [-0.2, -0.15) is 0 Å². The van der Waals surface area contributed by atoms with Crippen molar-refractivity contribution < 1.29 is 19.1 Å². The molecule has 1 N–H and O–H groups in total. The fraction of sp³-hybridized carbons (Fsp3) is 0.571. The van der Waals surface area contributed by atoms with Gasteiger partial charge in [0.2, 0.25) is 5.91 Å². The molecule has 154 valence electrons. The van der Waals surface area contributed by atoms with Crippen molar-refractivity contribution in [2.24, 2.45) is 0 Å². The topological polar surface area (TPSA) is 79.0 Å². The standard InChI is InChI=1S/C19H27N3O3.C2H4O/c1-13(23)22-10-15(11-22)20-17-7-5-6-14-8-9-21(12-16(14)17)18(24)25-19(2,3)4;1-2-3/h5-7,15,20H,8-12H2,1-4H3;2H,1H3. The number of amides is 2. The highest BCUT2D eigenvalue weighted by Gasteiger charge is 2.31. The number of carbonyl (C=O) groups excluding carboxylic acids is 3. The van der Waals surface area contributed by atoms with Crippen LogP contribution in [-0.4, -0.2) is 59.4 Å². The molecule has 2 aliphatic heterocycles. The summed E-state index contributed by atoms with van der Waals surface area (Å²) in [5.41, 5.74) is 2.99. The normalized spacial score (nSPS) is 16.2. The molecule has 0 bridgehead atoms. The summed E-state index contributed by atoms with van der Waals surface area (Å²) >= 11 is 0. The van der Waals surface area contributed by atoms with E-state index in [9.17, 15) is 9.59 Å². The number of hydrogen-bond acceptors (Lipinski definition) is 5. The molecule has 0 spiro atoms. The van der Waals surface area contributed by atoms with Crippen molar-refractivity contribution in [3.8, 4) is 0 Å². The smallest absolute Gasteiger partial charge is 0.410 e. The van der Waals surface area contributed by atoms with Gasteiger partial charge in [0.1, 0.15) is 11.9 Å². The molecule has 1 aromatic carbocycles. The number of rotatable bonds is 2. The summed E-state index contributed by atoms with van der Waals surface area (Å²) in [4.78, 5) is 36.1. The van der Waals surface area contributed by atoms with Gasteiger partial charge >= 0.3 is 6.09 Å². The van der Waals surface area contributed by atoms with Gasteiger partial charge in [-0.1, -0.05) is 12.1 Å². The number of hydrogen-bond donors (Lipinski definition) is 1. The van der Waals surface area contributed by atoms with E-state index < -0.39 is 5.60 Å². The van der Waals surface area contributed by atoms with Crippen LogP contribution in [0.15, 0.2) is 18.2 Å². The third-order valence-corrected chi connectivity index (χ3v) is 4.61. The van der Waals surface area contributed by atoms with Crippen molar-refractivity contribution in [2.45, 2.75) is 59.2 Å². The van der Waals surface area contributed by atoms with E-state index in [1.165, 1.54) is 12.5 Å². The molecule has 3 rings (SSSR count). The van der Waals surface area contributed by atoms with Crippen LogP contribution in [-0.2, 0) is 27.3 Å². The average molecular weight is 389 g/mol. The van der Waals surface area contributed by atoms with Crippen molar-refractivity contribution in [3.63, 3.8) is 0 Å². The van der Waals surface area contributed by atoms with Crippen molar-refractivity contribution in [2.75, 3.05) is 25.0 Å². The fourth-order valence-corrected chi connectivity index (χ4v) is 3.25. The first kappa shape index (κ1) is 21.7. The predicted molar refractivity (Wildman–Crippen MR) is 108 cm³/mol. The highest BCUT2D eigenvalue weighted by molar-refractivity contribution is 5.74. The van der Waals surface area contributed by atoms with Gasteiger partial charge in [-0.25, -0.2) is 4.79 Å². The van der Waals surface area contributed by atoms with Crippen LogP contribution in [0.1, 0.15) is 45.7 Å². The van der Waals surface area contributed by atoms with Gasteiger partial charge in [0.25, 0.3) is 0 Å². The minimum Gasteiger partial charge on any atom is -0.444 e. The van der Waals surface area contributed by atoms with Crippen LogP contribution >= 0.6 is 0 Å². The minimum atomic E-state index is -0.489. The molecule has 0 aromatic heterocycles. The van der Waals surface area contributed by atoms with Crippen molar-refractivity contribution in [1.29, 1.82) is 0 Å². The molecule has 2 heterocycles. The second kappa shape index (κ2) is 9.08. The summed E-state index contributed by atoms with van der Waals surface area (Å²) < 4.78 is 5.51. The van der Waals surface area contributed by atoms with Gasteiger partial charge in [0.15, 0.2) is 0 Å². The average Bonchev–Trinajstić information content (AvgIpc) is 2.56. The summed E-state index contributed by atoms with van der Waals surface area (Å²) in [7, 11) is 0. The van der Waals surface area contributed by atoms with E-state index in [-0.39, 0.29) is 18.0 Å². The number of benzene rings is 1. The molecule has 1 saturated heterocycles. The first-order chi connectivity index (χ1) is 13.1. The number of aldehydes is 1. The maximum atomic E-state index is 12.4. The second-order valence-electron chi connectivity index (χ2n) is 8.10. The first-order valence-corrected chi connectivity index (χ1v) is 9.65. The number of nitrogens with one attached hydrogen (secondary N) is 1. The van der Waals surface area contributed by atoms with Crippen molar-refractivity contribution in [1.82, 2.24) is 9.80 Å². The lowest BCUT2D eigenvalue weighted by molar-refractivity contribution is -0.132. The van der Waals surface area contributed by atoms with E-state index in [1.807, 2.05) is 37.8 Å². The number of likely N-dealkylation sites (tertiary alicyclic amines) is 1. The van der Waals surface area contributed by atoms with E-state index in [4.69, 9.17) is 9.53 Å². The van der Waals surface area contributed by atoms with Gasteiger partial charge in [0, 0.05) is 32.2 Å². The lowest BCUT2D eigenvalue weighted by Crippen LogP contribution is -2.56. The summed E-state index contributed by atoms with van der Waals surface area (Å²) in [5, 5.41) is 3.53. The van der Waals surface area contributed by atoms with Crippen LogP contribution in [0, 0.1) is 0 Å². The maximum absolute atomic E-state index is 12.4. The zero-order valence-corrected chi connectivity index (χ0v) is 17.4. The zero-order chi connectivity index (χ0) is 20.9. The fourth-order valence-electron chi connectivity index (χ4n) is 3.25. The van der Waals surface area contributed by atoms with E-state index in [0.717, 1.165) is 37.0 Å². The van der Waals surface area contributed by atoms with Crippen molar-refractivity contribution >= 4 is 24.0 Å². The van der Waals surface area contributed by atoms with Crippen LogP contribution in [0.2, 0.25) is 0 Å². The van der Waals surface area contributed by atoms with Crippen LogP contribution in [0.25, 0.3) is 0 Å². The number of anilines is 1. The Kier molecular flexibility index (Phi) is 7.05. The Bertz CT molecular complexity index is 721. The van der Waals surface area contributed by atoms with Crippen LogP contribution < -0.4 is 5.32 Å². The molecule has 2 aliphatic rings. The van der Waals surface area contributed by atoms with Gasteiger partial charge in [-0.15, -0.1) is 0 Å². The molecular formula is C21H31N3O4. The highest BCUT2D eigenvalue weighted by Crippen LogP contribution is 2.29. The van der Waals surface area contributed by atoms with Crippen molar-refractivity contribution in [3.05, 3.63) is 29.3 Å². The van der Waals surface area contributed by atoms with Crippen LogP contribution in [0.3, 0.4) is 0 Å². The Hall–Kier alpha value is -2.57. The Morgan fingerprint density at radius 3 is 2.43 bits per heavy atom. The van der Waals surface area contributed by atoms with E-state index in [0.29, 0.717) is 13.1 Å². The molecule has 1 aromatic rings. The molecule has 7 heteroatoms. The molecule has 1 fully saturated rings. The Morgan fingerprint density at radius 2 is 1.86 bits per heavy atom. The van der Waals surface area contributed by atoms with E-state index >= 15 is 0 Å². The Morgan fingerprint density at radius 1 is 1.21 bits per heavy atom. The Balaban J connectivity index is 0.000000878. The van der Waals surface area contributed by atoms with E-state index in [1.54, 1.807) is 11.8 Å². The van der Waals surface area contributed by atoms with E-state index in [2.05, 4.69) is 11.4 Å². The molecule has 0 radical (unpaired) electrons. The first-order valence-electron chi connectivity index (χ1n) is 9.65. The van der Waals surface area contributed by atoms with Gasteiger partial charge in [0.05, 0.1) is 12.6 Å². The predicted octanol–water partition coefficient (Wildman–Crippen LogP) is 2.83. The molecule has 2 amide bonds. The largest absolute Gasteiger partial charge is 0.444 e. The maximum Gasteiger partial charge on any atom is 0.410 e. The lowest BCUT2D eigenvalue weighted by atomic mass is 9.97. The molecule has 0 unspecified atom stereocenters. The summed E-state index contributed by atoms with van der Waals surface area (Å²) in [6, 6.07) is 6.49. The number of ether oxygens (including phenoxy) is 1. The Labute approximate surface area is 167 Å². The highest BCUT2D eigenvalue weighted by atomic mass is 16.6. The number of fused-ring (bicyclic) bond motifs is 1. The second-order valence-corrected chi connectivity index (χ2v) is 8.10. The summed E-state index contributed by atoms with van der Waals surface area (Å²) in [6.45, 7) is 11.4. The third kappa shape index (κ3) is 5.71. The minimum absolute atomic E-state index is 0.115. The quantitative estimate of drug-likeness (QED) is 0.787. The van der Waals surface area contributed by atoms with Crippen LogP contribution in [0.4, 0.5) is 10.5 Å². The molecule has 0 atom stereocenters. The SMILES string of the molecule is CC(=O)N1CC(Nc2cccc3c2CN(C(=O)OC(C)(C)C)CC3)C1.CC=O. The lowest BCUT2D eigenvalue weighted by Gasteiger charge is -2.40. The zero-order valence-electron chi connectivity index (χ0n) is 17.4. The number of nitrogens with zero attached hydrogens (tertiary/aromatic N) is 2. The molecule has 0 saturated carbocycles. The van der Waals surface area contributed by atoms with Gasteiger partial charge in [-0.3, -0.25) is 4.79 Å². The molecule has 28 heavy (non-hydrogen) atoms.